The highest BCUT2D eigenvalue weighted by atomic mass is 127. The van der Waals surface area contributed by atoms with Crippen LogP contribution in [0.25, 0.3) is 11.0 Å². The molecule has 0 radical (unpaired) electrons. The van der Waals surface area contributed by atoms with Gasteiger partial charge >= 0.3 is 6.09 Å². The number of nitrogens with zero attached hydrogens (tertiary/aromatic N) is 2. The van der Waals surface area contributed by atoms with Gasteiger partial charge in [0.05, 0.1) is 20.3 Å². The Morgan fingerprint density at radius 1 is 1.16 bits per heavy atom. The van der Waals surface area contributed by atoms with Gasteiger partial charge in [-0.15, -0.1) is 0 Å². The van der Waals surface area contributed by atoms with Crippen molar-refractivity contribution in [2.45, 2.75) is 5.72 Å². The minimum absolute atomic E-state index is 0.0139. The Hall–Kier alpha value is -3.51. The number of rotatable bonds is 3. The Morgan fingerprint density at radius 3 is 2.72 bits per heavy atom. The molecule has 1 unspecified atom stereocenters. The maximum Gasteiger partial charge on any atom is 0.411 e. The van der Waals surface area contributed by atoms with Crippen molar-refractivity contribution < 1.29 is 24.2 Å². The highest BCUT2D eigenvalue weighted by Crippen LogP contribution is 2.46. The Labute approximate surface area is 193 Å². The normalized spacial score (nSPS) is 17.6. The number of aromatic nitrogens is 2. The van der Waals surface area contributed by atoms with E-state index in [0.29, 0.717) is 20.2 Å². The number of anilines is 2. The summed E-state index contributed by atoms with van der Waals surface area (Å²) in [6, 6.07) is 15.9. The van der Waals surface area contributed by atoms with Crippen molar-refractivity contribution in [3.05, 3.63) is 86.7 Å². The zero-order valence-corrected chi connectivity index (χ0v) is 18.3. The van der Waals surface area contributed by atoms with Crippen LogP contribution in [0.3, 0.4) is 0 Å². The fourth-order valence-corrected chi connectivity index (χ4v) is 4.47. The predicted octanol–water partition coefficient (Wildman–Crippen LogP) is 4.25. The molecule has 10 heteroatoms. The average Bonchev–Trinajstić information content (AvgIpc) is 3.26. The zero-order chi connectivity index (χ0) is 22.6. The van der Waals surface area contributed by atoms with Crippen LogP contribution in [0.1, 0.15) is 21.5 Å². The van der Waals surface area contributed by atoms with Gasteiger partial charge in [-0.2, -0.15) is 0 Å². The summed E-state index contributed by atoms with van der Waals surface area (Å²) in [5.74, 6) is -1.15. The molecule has 1 aliphatic rings. The van der Waals surface area contributed by atoms with E-state index in [0.717, 1.165) is 4.90 Å². The lowest BCUT2D eigenvalue weighted by Gasteiger charge is -2.35. The predicted molar refractivity (Wildman–Crippen MR) is 123 cm³/mol. The number of hydrogen-bond acceptors (Lipinski definition) is 4. The monoisotopic (exact) mass is 544 g/mol. The van der Waals surface area contributed by atoms with Crippen LogP contribution in [0.2, 0.25) is 0 Å². The molecular weight excluding hydrogens is 530 g/mol. The Bertz CT molecular complexity index is 1420. The number of carboxylic acid groups (broad SMARTS) is 1. The molecule has 2 amide bonds. The topological polar surface area (TPSA) is 119 Å². The summed E-state index contributed by atoms with van der Waals surface area (Å²) in [6.07, 6.45) is -1.28. The van der Waals surface area contributed by atoms with Gasteiger partial charge in [-0.05, 0) is 52.9 Å². The number of amides is 2. The van der Waals surface area contributed by atoms with Gasteiger partial charge in [-0.3, -0.25) is 15.0 Å². The molecule has 2 heterocycles. The summed E-state index contributed by atoms with van der Waals surface area (Å²) in [5.41, 5.74) is -0.327. The van der Waals surface area contributed by atoms with Crippen LogP contribution in [0.15, 0.2) is 60.7 Å². The lowest BCUT2D eigenvalue weighted by molar-refractivity contribution is 0.0699. The first-order valence-corrected chi connectivity index (χ1v) is 10.5. The van der Waals surface area contributed by atoms with E-state index in [9.17, 15) is 14.7 Å². The second-order valence-corrected chi connectivity index (χ2v) is 8.34. The summed E-state index contributed by atoms with van der Waals surface area (Å²) in [4.78, 5) is 32.3. The molecule has 1 aromatic heterocycles. The van der Waals surface area contributed by atoms with E-state index in [2.05, 4.69) is 15.3 Å². The number of carbonyl (C=O) groups is 2. The van der Waals surface area contributed by atoms with E-state index in [1.165, 1.54) is 6.07 Å². The van der Waals surface area contributed by atoms with Crippen molar-refractivity contribution in [3.63, 3.8) is 0 Å². The number of fused-ring (bicyclic) bond motifs is 2. The summed E-state index contributed by atoms with van der Waals surface area (Å²) in [6.45, 7) is 0. The smallest absolute Gasteiger partial charge is 0.411 e. The highest BCUT2D eigenvalue weighted by molar-refractivity contribution is 14.1. The fourth-order valence-electron chi connectivity index (χ4n) is 3.98. The van der Waals surface area contributed by atoms with Crippen LogP contribution < -0.4 is 10.2 Å². The van der Waals surface area contributed by atoms with Gasteiger partial charge in [0.25, 0.3) is 5.91 Å². The van der Waals surface area contributed by atoms with Gasteiger partial charge in [0.15, 0.2) is 11.5 Å². The van der Waals surface area contributed by atoms with E-state index >= 15 is 4.39 Å². The summed E-state index contributed by atoms with van der Waals surface area (Å²) < 4.78 is 15.4. The van der Waals surface area contributed by atoms with Gasteiger partial charge in [-0.1, -0.05) is 30.3 Å². The molecule has 4 aromatic rings. The van der Waals surface area contributed by atoms with E-state index in [-0.39, 0.29) is 22.8 Å². The molecule has 4 N–H and O–H groups in total. The van der Waals surface area contributed by atoms with Gasteiger partial charge in [-0.25, -0.2) is 14.2 Å². The number of aromatic amines is 1. The van der Waals surface area contributed by atoms with Gasteiger partial charge in [0.1, 0.15) is 0 Å². The van der Waals surface area contributed by atoms with Crippen LogP contribution in [-0.2, 0) is 5.72 Å². The lowest BCUT2D eigenvalue weighted by atomic mass is 9.93. The molecule has 1 aliphatic heterocycles. The van der Waals surface area contributed by atoms with E-state index in [4.69, 9.17) is 5.11 Å². The molecular formula is C22H14FIN4O4. The first-order valence-electron chi connectivity index (χ1n) is 9.41. The number of hydrogen-bond donors (Lipinski definition) is 4. The van der Waals surface area contributed by atoms with E-state index < -0.39 is 23.5 Å². The molecule has 0 saturated carbocycles. The second-order valence-electron chi connectivity index (χ2n) is 7.18. The molecule has 3 aromatic carbocycles. The van der Waals surface area contributed by atoms with Gasteiger partial charge in [0.2, 0.25) is 5.95 Å². The minimum atomic E-state index is -2.00. The first-order chi connectivity index (χ1) is 15.3. The molecule has 0 fully saturated rings. The summed E-state index contributed by atoms with van der Waals surface area (Å²) >= 11 is 1.83. The molecule has 0 aliphatic carbocycles. The average molecular weight is 544 g/mol. The third-order valence-electron chi connectivity index (χ3n) is 5.34. The number of carbonyl (C=O) groups excluding carboxylic acids is 1. The van der Waals surface area contributed by atoms with Crippen molar-refractivity contribution in [3.8, 4) is 0 Å². The third-order valence-corrected chi connectivity index (χ3v) is 6.17. The molecule has 1 atom stereocenters. The summed E-state index contributed by atoms with van der Waals surface area (Å²) in [5, 5.41) is 23.1. The fraction of sp³-hybridized carbons (Fsp3) is 0.0455. The number of imidazole rings is 1. The number of halogens is 2. The maximum atomic E-state index is 15.1. The first kappa shape index (κ1) is 20.4. The minimum Gasteiger partial charge on any atom is -0.465 e. The van der Waals surface area contributed by atoms with Crippen LogP contribution in [0.4, 0.5) is 20.8 Å². The molecule has 32 heavy (non-hydrogen) atoms. The van der Waals surface area contributed by atoms with Crippen molar-refractivity contribution in [2.75, 3.05) is 10.2 Å². The standard InChI is InChI=1S/C22H14FIN4O4/c23-18-14(24)6-3-7-17(18)28-19(29)12-4-1-2-5-13(12)22(28,32)11-8-9-15-16(10-11)26-20(25-15)27-21(30)31/h1-10,32H,(H,30,31)(H2,25,26,27). The largest absolute Gasteiger partial charge is 0.465 e. The third kappa shape index (κ3) is 2.94. The molecule has 0 spiro atoms. The lowest BCUT2D eigenvalue weighted by Crippen LogP contribution is -2.45. The van der Waals surface area contributed by atoms with Gasteiger partial charge in [0, 0.05) is 16.7 Å². The molecule has 160 valence electrons. The molecule has 8 nitrogen and oxygen atoms in total. The van der Waals surface area contributed by atoms with Crippen LogP contribution in [0, 0.1) is 9.39 Å². The highest BCUT2D eigenvalue weighted by Gasteiger charge is 2.51. The van der Waals surface area contributed by atoms with Crippen molar-refractivity contribution in [1.29, 1.82) is 0 Å². The van der Waals surface area contributed by atoms with Crippen molar-refractivity contribution >= 4 is 57.3 Å². The maximum absolute atomic E-state index is 15.1. The zero-order valence-electron chi connectivity index (χ0n) is 16.1. The van der Waals surface area contributed by atoms with E-state index in [1.54, 1.807) is 54.6 Å². The van der Waals surface area contributed by atoms with Gasteiger partial charge < -0.3 is 15.2 Å². The Morgan fingerprint density at radius 2 is 1.94 bits per heavy atom. The number of benzene rings is 3. The number of nitrogens with one attached hydrogen (secondary N) is 2. The van der Waals surface area contributed by atoms with Crippen molar-refractivity contribution in [2.24, 2.45) is 0 Å². The van der Waals surface area contributed by atoms with Crippen molar-refractivity contribution in [1.82, 2.24) is 9.97 Å². The van der Waals surface area contributed by atoms with Crippen LogP contribution >= 0.6 is 22.6 Å². The second kappa shape index (κ2) is 7.28. The molecule has 5 rings (SSSR count). The molecule has 0 bridgehead atoms. The number of H-pyrrole nitrogens is 1. The quantitative estimate of drug-likeness (QED) is 0.288. The Balaban J connectivity index is 1.74. The Kier molecular flexibility index (Phi) is 4.64. The molecule has 0 saturated heterocycles. The van der Waals surface area contributed by atoms with Crippen LogP contribution in [0.5, 0.6) is 0 Å². The van der Waals surface area contributed by atoms with E-state index in [1.807, 2.05) is 22.6 Å². The number of aliphatic hydroxyl groups is 1. The summed E-state index contributed by atoms with van der Waals surface area (Å²) in [7, 11) is 0. The SMILES string of the molecule is O=C(O)Nc1nc2ccc(C3(O)c4ccccc4C(=O)N3c3cccc(I)c3F)cc2[nH]1. The van der Waals surface area contributed by atoms with Crippen LogP contribution in [-0.4, -0.2) is 32.2 Å².